The highest BCUT2D eigenvalue weighted by molar-refractivity contribution is 5.34. The van der Waals surface area contributed by atoms with Crippen molar-refractivity contribution in [1.29, 1.82) is 0 Å². The van der Waals surface area contributed by atoms with Crippen LogP contribution in [0.25, 0.3) is 0 Å². The summed E-state index contributed by atoms with van der Waals surface area (Å²) in [7, 11) is 0. The van der Waals surface area contributed by atoms with Gasteiger partial charge in [-0.25, -0.2) is 0 Å². The predicted molar refractivity (Wildman–Crippen MR) is 60.9 cm³/mol. The Morgan fingerprint density at radius 2 is 1.71 bits per heavy atom. The van der Waals surface area contributed by atoms with Crippen LogP contribution in [0.15, 0.2) is 24.3 Å². The normalized spacial score (nSPS) is 12.6. The molecule has 0 radical (unpaired) electrons. The maximum Gasteiger partial charge on any atom is 0.573 e. The Morgan fingerprint density at radius 3 is 2.24 bits per heavy atom. The van der Waals surface area contributed by atoms with E-state index in [0.717, 1.165) is 6.42 Å². The molecule has 17 heavy (non-hydrogen) atoms. The third kappa shape index (κ3) is 4.67. The van der Waals surface area contributed by atoms with Gasteiger partial charge in [0.15, 0.2) is 0 Å². The lowest BCUT2D eigenvalue weighted by atomic mass is 9.83. The summed E-state index contributed by atoms with van der Waals surface area (Å²) < 4.78 is 40.7. The smallest absolute Gasteiger partial charge is 0.406 e. The summed E-state index contributed by atoms with van der Waals surface area (Å²) in [6.07, 6.45) is -3.17. The first-order valence-electron chi connectivity index (χ1n) is 5.57. The second-order valence-corrected chi connectivity index (χ2v) is 4.85. The molecule has 0 aliphatic heterocycles. The molecule has 0 aromatic heterocycles. The van der Waals surface area contributed by atoms with E-state index in [0.29, 0.717) is 12.0 Å². The van der Waals surface area contributed by atoms with E-state index in [1.807, 2.05) is 20.8 Å². The van der Waals surface area contributed by atoms with Crippen LogP contribution < -0.4 is 4.74 Å². The van der Waals surface area contributed by atoms with Crippen molar-refractivity contribution in [3.05, 3.63) is 29.8 Å². The number of para-hydroxylation sites is 1. The number of alkyl halides is 3. The number of hydrogen-bond donors (Lipinski definition) is 0. The monoisotopic (exact) mass is 246 g/mol. The molecule has 1 nitrogen and oxygen atoms in total. The molecule has 1 rings (SSSR count). The van der Waals surface area contributed by atoms with E-state index in [9.17, 15) is 13.2 Å². The van der Waals surface area contributed by atoms with Crippen molar-refractivity contribution in [3.63, 3.8) is 0 Å². The Hall–Kier alpha value is -1.19. The van der Waals surface area contributed by atoms with E-state index in [4.69, 9.17) is 0 Å². The second-order valence-electron chi connectivity index (χ2n) is 4.85. The largest absolute Gasteiger partial charge is 0.573 e. The Kier molecular flexibility index (Phi) is 4.07. The van der Waals surface area contributed by atoms with Crippen molar-refractivity contribution < 1.29 is 17.9 Å². The van der Waals surface area contributed by atoms with Gasteiger partial charge in [-0.2, -0.15) is 0 Å². The lowest BCUT2D eigenvalue weighted by Crippen LogP contribution is -2.20. The highest BCUT2D eigenvalue weighted by Gasteiger charge is 2.32. The highest BCUT2D eigenvalue weighted by Crippen LogP contribution is 2.32. The van der Waals surface area contributed by atoms with Crippen molar-refractivity contribution in [2.45, 2.75) is 40.0 Å². The van der Waals surface area contributed by atoms with Gasteiger partial charge in [-0.15, -0.1) is 13.2 Å². The topological polar surface area (TPSA) is 9.23 Å². The molecular formula is C13H17F3O. The first-order valence-corrected chi connectivity index (χ1v) is 5.57. The molecule has 1 aromatic rings. The fraction of sp³-hybridized carbons (Fsp3) is 0.538. The van der Waals surface area contributed by atoms with Gasteiger partial charge in [0, 0.05) is 0 Å². The van der Waals surface area contributed by atoms with E-state index < -0.39 is 6.36 Å². The number of rotatable bonds is 4. The fourth-order valence-corrected chi connectivity index (χ4v) is 1.51. The fourth-order valence-electron chi connectivity index (χ4n) is 1.51. The Labute approximate surface area is 99.6 Å². The molecule has 0 bridgehead atoms. The maximum atomic E-state index is 12.2. The Bertz CT molecular complexity index is 369. The summed E-state index contributed by atoms with van der Waals surface area (Å²) in [6.45, 7) is 6.07. The van der Waals surface area contributed by atoms with E-state index in [-0.39, 0.29) is 11.2 Å². The summed E-state index contributed by atoms with van der Waals surface area (Å²) in [6, 6.07) is 6.31. The standard InChI is InChI=1S/C13H17F3O/c1-4-12(2,3)9-10-7-5-6-8-11(10)17-13(14,15)16/h5-8H,4,9H2,1-3H3. The lowest BCUT2D eigenvalue weighted by Gasteiger charge is -2.24. The molecule has 0 unspecified atom stereocenters. The average Bonchev–Trinajstić information content (AvgIpc) is 2.19. The van der Waals surface area contributed by atoms with Gasteiger partial charge >= 0.3 is 6.36 Å². The van der Waals surface area contributed by atoms with Gasteiger partial charge < -0.3 is 4.74 Å². The third-order valence-corrected chi connectivity index (χ3v) is 2.82. The van der Waals surface area contributed by atoms with E-state index >= 15 is 0 Å². The van der Waals surface area contributed by atoms with Crippen LogP contribution in [-0.4, -0.2) is 6.36 Å². The molecule has 4 heteroatoms. The van der Waals surface area contributed by atoms with E-state index in [2.05, 4.69) is 4.74 Å². The SMILES string of the molecule is CCC(C)(C)Cc1ccccc1OC(F)(F)F. The molecule has 0 aliphatic rings. The first-order chi connectivity index (χ1) is 7.73. The minimum Gasteiger partial charge on any atom is -0.406 e. The molecule has 1 aromatic carbocycles. The van der Waals surface area contributed by atoms with Gasteiger partial charge in [0.2, 0.25) is 0 Å². The van der Waals surface area contributed by atoms with Gasteiger partial charge in [0.25, 0.3) is 0 Å². The zero-order chi connectivity index (χ0) is 13.1. The van der Waals surface area contributed by atoms with Crippen LogP contribution >= 0.6 is 0 Å². The summed E-state index contributed by atoms with van der Waals surface area (Å²) >= 11 is 0. The van der Waals surface area contributed by atoms with Crippen LogP contribution in [0, 0.1) is 5.41 Å². The van der Waals surface area contributed by atoms with Gasteiger partial charge in [-0.3, -0.25) is 0 Å². The predicted octanol–water partition coefficient (Wildman–Crippen LogP) is 4.56. The zero-order valence-corrected chi connectivity index (χ0v) is 10.3. The van der Waals surface area contributed by atoms with Gasteiger partial charge in [-0.1, -0.05) is 45.4 Å². The quantitative estimate of drug-likeness (QED) is 0.756. The number of halogens is 3. The van der Waals surface area contributed by atoms with Gasteiger partial charge in [0.05, 0.1) is 0 Å². The summed E-state index contributed by atoms with van der Waals surface area (Å²) in [5.41, 5.74) is 0.557. The molecule has 0 atom stereocenters. The molecule has 0 heterocycles. The molecule has 0 amide bonds. The Balaban J connectivity index is 2.92. The van der Waals surface area contributed by atoms with Crippen LogP contribution in [0.2, 0.25) is 0 Å². The van der Waals surface area contributed by atoms with Crippen molar-refractivity contribution in [2.24, 2.45) is 5.41 Å². The highest BCUT2D eigenvalue weighted by atomic mass is 19.4. The first kappa shape index (κ1) is 13.9. The van der Waals surface area contributed by atoms with Crippen LogP contribution in [-0.2, 0) is 6.42 Å². The number of hydrogen-bond acceptors (Lipinski definition) is 1. The van der Waals surface area contributed by atoms with Gasteiger partial charge in [0.1, 0.15) is 5.75 Å². The van der Waals surface area contributed by atoms with Gasteiger partial charge in [-0.05, 0) is 23.5 Å². The van der Waals surface area contributed by atoms with E-state index in [1.54, 1.807) is 18.2 Å². The molecule has 0 aliphatic carbocycles. The van der Waals surface area contributed by atoms with Crippen LogP contribution in [0.5, 0.6) is 5.75 Å². The minimum atomic E-state index is -4.63. The third-order valence-electron chi connectivity index (χ3n) is 2.82. The van der Waals surface area contributed by atoms with Crippen LogP contribution in [0.1, 0.15) is 32.8 Å². The second kappa shape index (κ2) is 4.98. The molecule has 0 saturated heterocycles. The molecular weight excluding hydrogens is 229 g/mol. The zero-order valence-electron chi connectivity index (χ0n) is 10.3. The summed E-state index contributed by atoms with van der Waals surface area (Å²) in [5.74, 6) is -0.0958. The maximum absolute atomic E-state index is 12.2. The number of benzene rings is 1. The molecule has 96 valence electrons. The lowest BCUT2D eigenvalue weighted by molar-refractivity contribution is -0.275. The minimum absolute atomic E-state index is 0.0366. The molecule has 0 saturated carbocycles. The van der Waals surface area contributed by atoms with E-state index in [1.165, 1.54) is 6.07 Å². The summed E-state index contributed by atoms with van der Waals surface area (Å²) in [5, 5.41) is 0. The van der Waals surface area contributed by atoms with Crippen molar-refractivity contribution >= 4 is 0 Å². The average molecular weight is 246 g/mol. The number of ether oxygens (including phenoxy) is 1. The molecule has 0 spiro atoms. The molecule has 0 N–H and O–H groups in total. The van der Waals surface area contributed by atoms with Crippen molar-refractivity contribution in [2.75, 3.05) is 0 Å². The Morgan fingerprint density at radius 1 is 1.12 bits per heavy atom. The van der Waals surface area contributed by atoms with Crippen LogP contribution in [0.3, 0.4) is 0 Å². The summed E-state index contributed by atoms with van der Waals surface area (Å²) in [4.78, 5) is 0. The van der Waals surface area contributed by atoms with Crippen LogP contribution in [0.4, 0.5) is 13.2 Å². The molecule has 0 fully saturated rings. The van der Waals surface area contributed by atoms with Crippen molar-refractivity contribution in [1.82, 2.24) is 0 Å². The van der Waals surface area contributed by atoms with Crippen molar-refractivity contribution in [3.8, 4) is 5.75 Å².